The van der Waals surface area contributed by atoms with Crippen LogP contribution in [0.3, 0.4) is 0 Å². The van der Waals surface area contributed by atoms with Gasteiger partial charge in [0.25, 0.3) is 0 Å². The Balaban J connectivity index is 1.78. The Hall–Kier alpha value is -0.660. The summed E-state index contributed by atoms with van der Waals surface area (Å²) in [6.07, 6.45) is 1.00. The van der Waals surface area contributed by atoms with Crippen LogP contribution in [0.4, 0.5) is 0 Å². The predicted molar refractivity (Wildman–Crippen MR) is 79.6 cm³/mol. The van der Waals surface area contributed by atoms with Gasteiger partial charge in [-0.1, -0.05) is 0 Å². The SMILES string of the molecule is COI(C=O)CCCN1COc2ccccc2C1. The van der Waals surface area contributed by atoms with E-state index in [1.807, 2.05) is 18.2 Å². The molecule has 0 atom stereocenters. The minimum absolute atomic E-state index is 0.638. The van der Waals surface area contributed by atoms with Crippen LogP contribution in [0.15, 0.2) is 24.3 Å². The molecule has 0 radical (unpaired) electrons. The zero-order valence-electron chi connectivity index (χ0n) is 10.5. The van der Waals surface area contributed by atoms with Gasteiger partial charge in [-0.2, -0.15) is 0 Å². The van der Waals surface area contributed by atoms with Crippen molar-refractivity contribution in [3.63, 3.8) is 0 Å². The van der Waals surface area contributed by atoms with Crippen LogP contribution >= 0.6 is 20.2 Å². The van der Waals surface area contributed by atoms with Gasteiger partial charge in [0.1, 0.15) is 0 Å². The predicted octanol–water partition coefficient (Wildman–Crippen LogP) is 2.49. The average molecular weight is 363 g/mol. The molecule has 1 heterocycles. The van der Waals surface area contributed by atoms with E-state index < -0.39 is 20.2 Å². The summed E-state index contributed by atoms with van der Waals surface area (Å²) in [5.41, 5.74) is 1.24. The van der Waals surface area contributed by atoms with Gasteiger partial charge in [-0.3, -0.25) is 0 Å². The fourth-order valence-corrected chi connectivity index (χ4v) is 3.93. The van der Waals surface area contributed by atoms with Gasteiger partial charge >= 0.3 is 115 Å². The molecule has 0 aliphatic carbocycles. The molecule has 4 nitrogen and oxygen atoms in total. The first-order valence-electron chi connectivity index (χ1n) is 5.91. The number of halogens is 1. The van der Waals surface area contributed by atoms with E-state index >= 15 is 0 Å². The van der Waals surface area contributed by atoms with Crippen molar-refractivity contribution in [3.8, 4) is 5.75 Å². The van der Waals surface area contributed by atoms with Crippen LogP contribution in [-0.4, -0.2) is 34.0 Å². The Morgan fingerprint density at radius 2 is 2.33 bits per heavy atom. The molecular formula is C13H18INO3. The summed E-state index contributed by atoms with van der Waals surface area (Å²) >= 11 is -1.75. The maximum absolute atomic E-state index is 10.7. The summed E-state index contributed by atoms with van der Waals surface area (Å²) < 4.78 is 12.8. The molecule has 1 aliphatic heterocycles. The van der Waals surface area contributed by atoms with Crippen molar-refractivity contribution in [2.24, 2.45) is 0 Å². The first-order valence-corrected chi connectivity index (χ1v) is 9.56. The summed E-state index contributed by atoms with van der Waals surface area (Å²) in [7, 11) is 1.64. The number of hydrogen-bond donors (Lipinski definition) is 0. The third-order valence-corrected chi connectivity index (χ3v) is 6.39. The standard InChI is InChI=1S/C13H18INO3/c1-17-14(10-16)7-4-8-15-9-12-5-2-3-6-13(12)18-11-15/h2-3,5-6,10H,4,7-9,11H2,1H3. The number of nitrogens with zero attached hydrogens (tertiary/aromatic N) is 1. The molecule has 1 aromatic rings. The Kier molecular flexibility index (Phi) is 5.40. The molecule has 0 bridgehead atoms. The van der Waals surface area contributed by atoms with E-state index in [-0.39, 0.29) is 0 Å². The van der Waals surface area contributed by atoms with Gasteiger partial charge in [0.2, 0.25) is 0 Å². The summed E-state index contributed by atoms with van der Waals surface area (Å²) in [4.78, 5) is 12.9. The first-order chi connectivity index (χ1) is 8.83. The van der Waals surface area contributed by atoms with Crippen LogP contribution in [0.5, 0.6) is 5.75 Å². The number of hydrogen-bond acceptors (Lipinski definition) is 4. The summed E-state index contributed by atoms with van der Waals surface area (Å²) in [5, 5.41) is 0. The van der Waals surface area contributed by atoms with Gasteiger partial charge in [0.05, 0.1) is 0 Å². The van der Waals surface area contributed by atoms with Crippen molar-refractivity contribution in [2.45, 2.75) is 13.0 Å². The molecule has 0 saturated carbocycles. The number of carbonyl (C=O) groups excluding carboxylic acids is 1. The Morgan fingerprint density at radius 1 is 1.50 bits per heavy atom. The third-order valence-electron chi connectivity index (χ3n) is 2.86. The molecule has 0 unspecified atom stereocenters. The minimum atomic E-state index is -1.75. The van der Waals surface area contributed by atoms with E-state index in [2.05, 4.69) is 11.0 Å². The normalized spacial score (nSPS) is 15.7. The first kappa shape index (κ1) is 13.8. The van der Waals surface area contributed by atoms with Crippen molar-refractivity contribution in [1.82, 2.24) is 4.90 Å². The molecule has 5 heteroatoms. The number of fused-ring (bicyclic) bond motifs is 1. The summed E-state index contributed by atoms with van der Waals surface area (Å²) in [6.45, 7) is 2.53. The zero-order valence-corrected chi connectivity index (χ0v) is 12.6. The van der Waals surface area contributed by atoms with Gasteiger partial charge in [-0.25, -0.2) is 0 Å². The van der Waals surface area contributed by atoms with Gasteiger partial charge in [0, 0.05) is 0 Å². The number of carbonyl (C=O) groups is 1. The fourth-order valence-electron chi connectivity index (χ4n) is 1.94. The average Bonchev–Trinajstić information content (AvgIpc) is 2.43. The molecule has 1 aromatic carbocycles. The molecule has 0 N–H and O–H groups in total. The van der Waals surface area contributed by atoms with Gasteiger partial charge in [-0.15, -0.1) is 0 Å². The third kappa shape index (κ3) is 3.66. The van der Waals surface area contributed by atoms with Crippen molar-refractivity contribution in [1.29, 1.82) is 0 Å². The van der Waals surface area contributed by atoms with Crippen LogP contribution < -0.4 is 4.74 Å². The topological polar surface area (TPSA) is 38.8 Å². The second-order valence-electron chi connectivity index (χ2n) is 4.07. The van der Waals surface area contributed by atoms with Crippen molar-refractivity contribution < 1.29 is 12.6 Å². The molecule has 0 saturated heterocycles. The Morgan fingerprint density at radius 3 is 3.11 bits per heavy atom. The van der Waals surface area contributed by atoms with Crippen molar-refractivity contribution in [3.05, 3.63) is 29.8 Å². The summed E-state index contributed by atoms with van der Waals surface area (Å²) in [6, 6.07) is 8.13. The molecule has 1 aliphatic rings. The van der Waals surface area contributed by atoms with E-state index in [4.69, 9.17) is 7.80 Å². The molecule has 0 aromatic heterocycles. The molecule has 2 rings (SSSR count). The molecule has 100 valence electrons. The number of para-hydroxylation sites is 1. The zero-order chi connectivity index (χ0) is 12.8. The fraction of sp³-hybridized carbons (Fsp3) is 0.462. The van der Waals surface area contributed by atoms with Gasteiger partial charge in [-0.05, 0) is 0 Å². The summed E-state index contributed by atoms with van der Waals surface area (Å²) in [5.74, 6) is 0.993. The molecule has 0 spiro atoms. The molecule has 0 fully saturated rings. The van der Waals surface area contributed by atoms with E-state index in [9.17, 15) is 4.79 Å². The van der Waals surface area contributed by atoms with E-state index in [1.165, 1.54) is 5.56 Å². The van der Waals surface area contributed by atoms with Crippen LogP contribution in [0.1, 0.15) is 12.0 Å². The second kappa shape index (κ2) is 7.06. The Labute approximate surface area is 115 Å². The number of rotatable bonds is 6. The number of ether oxygens (including phenoxy) is 1. The number of alkyl halides is 1. The number of benzene rings is 1. The quantitative estimate of drug-likeness (QED) is 0.337. The Bertz CT molecular complexity index is 400. The van der Waals surface area contributed by atoms with Crippen molar-refractivity contribution >= 4 is 24.5 Å². The monoisotopic (exact) mass is 363 g/mol. The van der Waals surface area contributed by atoms with Crippen LogP contribution in [0, 0.1) is 0 Å². The van der Waals surface area contributed by atoms with Crippen LogP contribution in [-0.2, 0) is 14.4 Å². The van der Waals surface area contributed by atoms with Crippen LogP contribution in [0.2, 0.25) is 0 Å². The van der Waals surface area contributed by atoms with E-state index in [0.29, 0.717) is 6.73 Å². The molecule has 18 heavy (non-hydrogen) atoms. The van der Waals surface area contributed by atoms with Crippen LogP contribution in [0.25, 0.3) is 0 Å². The van der Waals surface area contributed by atoms with Gasteiger partial charge < -0.3 is 0 Å². The molecule has 0 amide bonds. The second-order valence-corrected chi connectivity index (χ2v) is 8.55. The van der Waals surface area contributed by atoms with Crippen molar-refractivity contribution in [2.75, 3.05) is 24.8 Å². The van der Waals surface area contributed by atoms with Gasteiger partial charge in [0.15, 0.2) is 0 Å². The maximum atomic E-state index is 10.7. The van der Waals surface area contributed by atoms with E-state index in [1.54, 1.807) is 7.11 Å². The molecular weight excluding hydrogens is 345 g/mol. The van der Waals surface area contributed by atoms with E-state index in [0.717, 1.165) is 34.0 Å².